The Morgan fingerprint density at radius 3 is 2.24 bits per heavy atom. The van der Waals surface area contributed by atoms with Crippen LogP contribution in [0.4, 0.5) is 0 Å². The van der Waals surface area contributed by atoms with Gasteiger partial charge in [0, 0.05) is 25.2 Å². The monoisotopic (exact) mass is 238 g/mol. The Hall–Kier alpha value is -0.0800. The van der Waals surface area contributed by atoms with Crippen molar-refractivity contribution in [3.63, 3.8) is 0 Å². The lowest BCUT2D eigenvalue weighted by Gasteiger charge is -2.34. The number of rotatable bonds is 6. The van der Waals surface area contributed by atoms with Gasteiger partial charge in [-0.2, -0.15) is 0 Å². The van der Waals surface area contributed by atoms with E-state index >= 15 is 0 Å². The standard InChI is InChI=1S/C15H30N2/c1-12(2)17(10-13-8-9-13)11-15(16)14-6-4-3-5-7-14/h12-15H,3-11,16H2,1-2H3. The zero-order valence-corrected chi connectivity index (χ0v) is 11.7. The van der Waals surface area contributed by atoms with Crippen molar-refractivity contribution in [1.29, 1.82) is 0 Å². The average Bonchev–Trinajstić information content (AvgIpc) is 3.13. The molecule has 1 unspecified atom stereocenters. The van der Waals surface area contributed by atoms with Crippen molar-refractivity contribution in [2.45, 2.75) is 70.9 Å². The summed E-state index contributed by atoms with van der Waals surface area (Å²) in [4.78, 5) is 2.62. The molecule has 2 fully saturated rings. The van der Waals surface area contributed by atoms with Gasteiger partial charge >= 0.3 is 0 Å². The Morgan fingerprint density at radius 2 is 1.71 bits per heavy atom. The molecule has 2 aliphatic rings. The van der Waals surface area contributed by atoms with Gasteiger partial charge in [-0.15, -0.1) is 0 Å². The first kappa shape index (κ1) is 13.4. The van der Waals surface area contributed by atoms with Crippen LogP contribution in [0.2, 0.25) is 0 Å². The molecule has 0 spiro atoms. The predicted octanol–water partition coefficient (Wildman–Crippen LogP) is 3.01. The fourth-order valence-corrected chi connectivity index (χ4v) is 3.11. The van der Waals surface area contributed by atoms with E-state index in [4.69, 9.17) is 5.73 Å². The summed E-state index contributed by atoms with van der Waals surface area (Å²) in [5.41, 5.74) is 6.44. The van der Waals surface area contributed by atoms with E-state index in [2.05, 4.69) is 18.7 Å². The van der Waals surface area contributed by atoms with Crippen LogP contribution >= 0.6 is 0 Å². The summed E-state index contributed by atoms with van der Waals surface area (Å²) in [5.74, 6) is 1.78. The topological polar surface area (TPSA) is 29.3 Å². The van der Waals surface area contributed by atoms with Crippen LogP contribution < -0.4 is 5.73 Å². The minimum absolute atomic E-state index is 0.413. The van der Waals surface area contributed by atoms with E-state index in [1.807, 2.05) is 0 Å². The minimum Gasteiger partial charge on any atom is -0.326 e. The zero-order valence-electron chi connectivity index (χ0n) is 11.7. The molecular weight excluding hydrogens is 208 g/mol. The highest BCUT2D eigenvalue weighted by molar-refractivity contribution is 4.84. The smallest absolute Gasteiger partial charge is 0.0196 e. The molecule has 0 bridgehead atoms. The highest BCUT2D eigenvalue weighted by Crippen LogP contribution is 2.31. The Labute approximate surface area is 107 Å². The van der Waals surface area contributed by atoms with Gasteiger partial charge in [0.25, 0.3) is 0 Å². The molecule has 0 aromatic heterocycles. The third-order valence-corrected chi connectivity index (χ3v) is 4.62. The number of nitrogens with two attached hydrogens (primary N) is 1. The Bertz CT molecular complexity index is 217. The van der Waals surface area contributed by atoms with Crippen molar-refractivity contribution in [3.05, 3.63) is 0 Å². The minimum atomic E-state index is 0.413. The van der Waals surface area contributed by atoms with Crippen LogP contribution in [0.25, 0.3) is 0 Å². The fraction of sp³-hybridized carbons (Fsp3) is 1.00. The molecule has 0 amide bonds. The lowest BCUT2D eigenvalue weighted by Crippen LogP contribution is -2.46. The summed E-state index contributed by atoms with van der Waals surface area (Å²) in [6, 6.07) is 1.07. The van der Waals surface area contributed by atoms with Crippen LogP contribution in [0.5, 0.6) is 0 Å². The second-order valence-corrected chi connectivity index (χ2v) is 6.55. The van der Waals surface area contributed by atoms with Gasteiger partial charge in [-0.25, -0.2) is 0 Å². The summed E-state index contributed by atoms with van der Waals surface area (Å²) in [5, 5.41) is 0. The third-order valence-electron chi connectivity index (χ3n) is 4.62. The summed E-state index contributed by atoms with van der Waals surface area (Å²) in [6.07, 6.45) is 9.88. The summed E-state index contributed by atoms with van der Waals surface area (Å²) in [7, 11) is 0. The molecule has 0 aliphatic heterocycles. The molecule has 17 heavy (non-hydrogen) atoms. The molecule has 2 N–H and O–H groups in total. The zero-order chi connectivity index (χ0) is 12.3. The lowest BCUT2D eigenvalue weighted by molar-refractivity contribution is 0.168. The van der Waals surface area contributed by atoms with Gasteiger partial charge in [0.15, 0.2) is 0 Å². The summed E-state index contributed by atoms with van der Waals surface area (Å²) >= 11 is 0. The maximum Gasteiger partial charge on any atom is 0.0196 e. The van der Waals surface area contributed by atoms with Crippen molar-refractivity contribution in [3.8, 4) is 0 Å². The fourth-order valence-electron chi connectivity index (χ4n) is 3.11. The lowest BCUT2D eigenvalue weighted by atomic mass is 9.84. The van der Waals surface area contributed by atoms with Gasteiger partial charge in [0.1, 0.15) is 0 Å². The molecule has 0 aromatic carbocycles. The predicted molar refractivity (Wildman–Crippen MR) is 74.0 cm³/mol. The Kier molecular flexibility index (Phi) is 4.87. The van der Waals surface area contributed by atoms with Gasteiger partial charge in [0.2, 0.25) is 0 Å². The van der Waals surface area contributed by atoms with Crippen molar-refractivity contribution >= 4 is 0 Å². The molecule has 2 heteroatoms. The van der Waals surface area contributed by atoms with Gasteiger partial charge in [-0.3, -0.25) is 4.90 Å². The first-order chi connectivity index (χ1) is 8.16. The summed E-state index contributed by atoms with van der Waals surface area (Å²) in [6.45, 7) is 7.04. The van der Waals surface area contributed by atoms with Crippen molar-refractivity contribution in [1.82, 2.24) is 4.90 Å². The molecular formula is C15H30N2. The second kappa shape index (κ2) is 6.19. The largest absolute Gasteiger partial charge is 0.326 e. The Balaban J connectivity index is 1.78. The van der Waals surface area contributed by atoms with Gasteiger partial charge in [0.05, 0.1) is 0 Å². The second-order valence-electron chi connectivity index (χ2n) is 6.55. The SMILES string of the molecule is CC(C)N(CC1CC1)CC(N)C1CCCCC1. The summed E-state index contributed by atoms with van der Waals surface area (Å²) < 4.78 is 0. The van der Waals surface area contributed by atoms with Crippen LogP contribution in [0.1, 0.15) is 58.8 Å². The highest BCUT2D eigenvalue weighted by Gasteiger charge is 2.28. The molecule has 0 saturated heterocycles. The molecule has 2 nitrogen and oxygen atoms in total. The van der Waals surface area contributed by atoms with E-state index in [1.54, 1.807) is 0 Å². The van der Waals surface area contributed by atoms with Crippen LogP contribution in [0.15, 0.2) is 0 Å². The van der Waals surface area contributed by atoms with Crippen molar-refractivity contribution < 1.29 is 0 Å². The molecule has 0 radical (unpaired) electrons. The van der Waals surface area contributed by atoms with Crippen LogP contribution in [-0.2, 0) is 0 Å². The number of hydrogen-bond donors (Lipinski definition) is 1. The van der Waals surface area contributed by atoms with Crippen molar-refractivity contribution in [2.24, 2.45) is 17.6 Å². The highest BCUT2D eigenvalue weighted by atomic mass is 15.2. The van der Waals surface area contributed by atoms with Crippen molar-refractivity contribution in [2.75, 3.05) is 13.1 Å². The number of nitrogens with zero attached hydrogens (tertiary/aromatic N) is 1. The molecule has 2 saturated carbocycles. The average molecular weight is 238 g/mol. The van der Waals surface area contributed by atoms with Crippen LogP contribution in [0.3, 0.4) is 0 Å². The maximum atomic E-state index is 6.44. The molecule has 0 aromatic rings. The Morgan fingerprint density at radius 1 is 1.06 bits per heavy atom. The maximum absolute atomic E-state index is 6.44. The van der Waals surface area contributed by atoms with Crippen LogP contribution in [0, 0.1) is 11.8 Å². The van der Waals surface area contributed by atoms with Gasteiger partial charge in [-0.1, -0.05) is 19.3 Å². The van der Waals surface area contributed by atoms with Crippen LogP contribution in [-0.4, -0.2) is 30.1 Å². The van der Waals surface area contributed by atoms with Gasteiger partial charge < -0.3 is 5.73 Å². The third kappa shape index (κ3) is 4.26. The molecule has 1 atom stereocenters. The van der Waals surface area contributed by atoms with E-state index in [9.17, 15) is 0 Å². The first-order valence-electron chi connectivity index (χ1n) is 7.66. The van der Waals surface area contributed by atoms with E-state index in [0.717, 1.165) is 18.4 Å². The van der Waals surface area contributed by atoms with E-state index in [1.165, 1.54) is 51.5 Å². The number of hydrogen-bond acceptors (Lipinski definition) is 2. The molecule has 2 rings (SSSR count). The normalized spacial score (nSPS) is 24.5. The molecule has 100 valence electrons. The molecule has 0 heterocycles. The first-order valence-corrected chi connectivity index (χ1v) is 7.66. The van der Waals surface area contributed by atoms with E-state index < -0.39 is 0 Å². The quantitative estimate of drug-likeness (QED) is 0.771. The van der Waals surface area contributed by atoms with Gasteiger partial charge in [-0.05, 0) is 51.4 Å². The van der Waals surface area contributed by atoms with E-state index in [0.29, 0.717) is 12.1 Å². The van der Waals surface area contributed by atoms with E-state index in [-0.39, 0.29) is 0 Å². The molecule has 2 aliphatic carbocycles.